The van der Waals surface area contributed by atoms with E-state index in [0.29, 0.717) is 39.3 Å². The molecule has 0 unspecified atom stereocenters. The first kappa shape index (κ1) is 24.8. The van der Waals surface area contributed by atoms with Crippen LogP contribution in [0.25, 0.3) is 33.5 Å². The molecule has 3 aromatic carbocycles. The second-order valence-corrected chi connectivity index (χ2v) is 8.38. The second kappa shape index (κ2) is 10.6. The maximum absolute atomic E-state index is 13.5. The van der Waals surface area contributed by atoms with E-state index in [1.807, 2.05) is 24.3 Å². The van der Waals surface area contributed by atoms with Crippen LogP contribution in [0, 0.1) is 0 Å². The van der Waals surface area contributed by atoms with Crippen molar-refractivity contribution in [3.05, 3.63) is 88.7 Å². The van der Waals surface area contributed by atoms with Gasteiger partial charge in [-0.3, -0.25) is 4.79 Å². The number of esters is 1. The molecule has 2 heterocycles. The van der Waals surface area contributed by atoms with Crippen molar-refractivity contribution in [1.29, 1.82) is 0 Å². The number of rotatable bonds is 8. The van der Waals surface area contributed by atoms with Gasteiger partial charge in [-0.05, 0) is 61.9 Å². The smallest absolute Gasteiger partial charge is 0.347 e. The molecule has 0 amide bonds. The van der Waals surface area contributed by atoms with Crippen molar-refractivity contribution in [2.24, 2.45) is 5.10 Å². The number of para-hydroxylation sites is 1. The zero-order valence-corrected chi connectivity index (χ0v) is 21.1. The van der Waals surface area contributed by atoms with E-state index in [1.54, 1.807) is 69.5 Å². The van der Waals surface area contributed by atoms with Gasteiger partial charge in [0.1, 0.15) is 17.1 Å². The molecule has 0 aliphatic carbocycles. The van der Waals surface area contributed by atoms with Gasteiger partial charge in [0.05, 0.1) is 36.2 Å². The van der Waals surface area contributed by atoms with Gasteiger partial charge in [-0.1, -0.05) is 30.3 Å². The molecule has 0 bridgehead atoms. The van der Waals surface area contributed by atoms with E-state index in [0.717, 1.165) is 5.39 Å². The lowest BCUT2D eigenvalue weighted by atomic mass is 10.2. The van der Waals surface area contributed by atoms with Gasteiger partial charge in [0.15, 0.2) is 11.9 Å². The Morgan fingerprint density at radius 1 is 1.08 bits per heavy atom. The van der Waals surface area contributed by atoms with Crippen LogP contribution < -0.4 is 15.0 Å². The second-order valence-electron chi connectivity index (χ2n) is 8.38. The fourth-order valence-electron chi connectivity index (χ4n) is 4.02. The summed E-state index contributed by atoms with van der Waals surface area (Å²) in [6.07, 6.45) is 0.748. The zero-order chi connectivity index (χ0) is 26.6. The third-order valence-corrected chi connectivity index (χ3v) is 5.83. The average molecular weight is 512 g/mol. The Morgan fingerprint density at radius 2 is 1.89 bits per heavy atom. The van der Waals surface area contributed by atoms with Crippen LogP contribution >= 0.6 is 0 Å². The monoisotopic (exact) mass is 511 g/mol. The molecule has 0 saturated heterocycles. The SMILES string of the molecule is CCOC(=O)[C@@H](C)Oc1cccc(C=Nn2c(-c3cc4c(OC)cccc4o3)nc3ccccc3c2=O)c1. The van der Waals surface area contributed by atoms with Gasteiger partial charge in [0.2, 0.25) is 5.82 Å². The van der Waals surface area contributed by atoms with Crippen LogP contribution in [0.3, 0.4) is 0 Å². The lowest BCUT2D eigenvalue weighted by Gasteiger charge is -2.13. The highest BCUT2D eigenvalue weighted by molar-refractivity contribution is 5.88. The van der Waals surface area contributed by atoms with Crippen molar-refractivity contribution in [1.82, 2.24) is 9.66 Å². The molecule has 0 aliphatic rings. The third-order valence-electron chi connectivity index (χ3n) is 5.83. The first-order chi connectivity index (χ1) is 18.5. The maximum atomic E-state index is 13.5. The van der Waals surface area contributed by atoms with E-state index >= 15 is 0 Å². The average Bonchev–Trinajstić information content (AvgIpc) is 3.37. The van der Waals surface area contributed by atoms with Gasteiger partial charge in [0, 0.05) is 0 Å². The number of hydrogen-bond acceptors (Lipinski definition) is 8. The number of nitrogens with zero attached hydrogens (tertiary/aromatic N) is 3. The Balaban J connectivity index is 1.57. The number of carbonyl (C=O) groups is 1. The molecule has 2 aromatic heterocycles. The number of methoxy groups -OCH3 is 1. The number of hydrogen-bond donors (Lipinski definition) is 0. The standard InChI is InChI=1S/C29H25N3O6/c1-4-36-29(34)18(2)37-20-10-7-9-19(15-20)17-30-32-27(31-23-12-6-5-11-21(23)28(32)33)26-16-22-24(35-3)13-8-14-25(22)38-26/h5-18H,4H2,1-3H3/t18-/m1/s1. The molecule has 9 nitrogen and oxygen atoms in total. The van der Waals surface area contributed by atoms with Gasteiger partial charge < -0.3 is 18.6 Å². The van der Waals surface area contributed by atoms with Crippen LogP contribution in [0.2, 0.25) is 0 Å². The summed E-state index contributed by atoms with van der Waals surface area (Å²) in [6.45, 7) is 3.63. The van der Waals surface area contributed by atoms with E-state index in [1.165, 1.54) is 10.9 Å². The van der Waals surface area contributed by atoms with Crippen LogP contribution in [0.5, 0.6) is 11.5 Å². The molecule has 0 saturated carbocycles. The number of aromatic nitrogens is 2. The lowest BCUT2D eigenvalue weighted by Crippen LogP contribution is -2.26. The summed E-state index contributed by atoms with van der Waals surface area (Å²) >= 11 is 0. The van der Waals surface area contributed by atoms with E-state index < -0.39 is 12.1 Å². The number of furan rings is 1. The Bertz CT molecular complexity index is 1720. The highest BCUT2D eigenvalue weighted by atomic mass is 16.6. The van der Waals surface area contributed by atoms with Crippen molar-refractivity contribution < 1.29 is 23.4 Å². The van der Waals surface area contributed by atoms with Gasteiger partial charge >= 0.3 is 5.97 Å². The fraction of sp³-hybridized carbons (Fsp3) is 0.172. The summed E-state index contributed by atoms with van der Waals surface area (Å²) in [5.41, 5.74) is 1.42. The highest BCUT2D eigenvalue weighted by Gasteiger charge is 2.18. The minimum atomic E-state index is -0.772. The molecule has 0 radical (unpaired) electrons. The Labute approximate surface area is 217 Å². The molecule has 1 atom stereocenters. The van der Waals surface area contributed by atoms with Gasteiger partial charge in [-0.2, -0.15) is 9.78 Å². The van der Waals surface area contributed by atoms with E-state index in [4.69, 9.17) is 23.6 Å². The highest BCUT2D eigenvalue weighted by Crippen LogP contribution is 2.32. The van der Waals surface area contributed by atoms with E-state index in [-0.39, 0.29) is 18.0 Å². The molecule has 192 valence electrons. The van der Waals surface area contributed by atoms with Crippen LogP contribution in [-0.2, 0) is 9.53 Å². The number of fused-ring (bicyclic) bond motifs is 2. The van der Waals surface area contributed by atoms with Crippen molar-refractivity contribution in [2.75, 3.05) is 13.7 Å². The van der Waals surface area contributed by atoms with E-state index in [2.05, 4.69) is 5.10 Å². The predicted octanol–water partition coefficient (Wildman–Crippen LogP) is 5.03. The van der Waals surface area contributed by atoms with Crippen molar-refractivity contribution >= 4 is 34.1 Å². The minimum Gasteiger partial charge on any atom is -0.496 e. The third kappa shape index (κ3) is 4.86. The maximum Gasteiger partial charge on any atom is 0.347 e. The molecule has 0 aliphatic heterocycles. The van der Waals surface area contributed by atoms with E-state index in [9.17, 15) is 9.59 Å². The predicted molar refractivity (Wildman–Crippen MR) is 144 cm³/mol. The van der Waals surface area contributed by atoms with Crippen LogP contribution in [0.4, 0.5) is 0 Å². The first-order valence-corrected chi connectivity index (χ1v) is 12.0. The van der Waals surface area contributed by atoms with Crippen molar-refractivity contribution in [3.8, 4) is 23.1 Å². The van der Waals surface area contributed by atoms with Crippen LogP contribution in [-0.4, -0.2) is 41.7 Å². The zero-order valence-electron chi connectivity index (χ0n) is 21.1. The minimum absolute atomic E-state index is 0.242. The number of ether oxygens (including phenoxy) is 3. The summed E-state index contributed by atoms with van der Waals surface area (Å²) in [6, 6.07) is 21.3. The Morgan fingerprint density at radius 3 is 2.71 bits per heavy atom. The Hall–Kier alpha value is -4.92. The normalized spacial score (nSPS) is 12.2. The largest absolute Gasteiger partial charge is 0.496 e. The van der Waals surface area contributed by atoms with Gasteiger partial charge in [-0.15, -0.1) is 0 Å². The molecule has 0 spiro atoms. The van der Waals surface area contributed by atoms with Crippen LogP contribution in [0.1, 0.15) is 19.4 Å². The van der Waals surface area contributed by atoms with Crippen molar-refractivity contribution in [3.63, 3.8) is 0 Å². The summed E-state index contributed by atoms with van der Waals surface area (Å²) in [7, 11) is 1.58. The fourth-order valence-corrected chi connectivity index (χ4v) is 4.02. The molecular formula is C29H25N3O6. The van der Waals surface area contributed by atoms with Gasteiger partial charge in [-0.25, -0.2) is 9.78 Å². The topological polar surface area (TPSA) is 105 Å². The summed E-state index contributed by atoms with van der Waals surface area (Å²) < 4.78 is 23.4. The molecule has 5 rings (SSSR count). The molecule has 0 fully saturated rings. The first-order valence-electron chi connectivity index (χ1n) is 12.0. The van der Waals surface area contributed by atoms with Crippen LogP contribution in [0.15, 0.2) is 87.1 Å². The summed E-state index contributed by atoms with van der Waals surface area (Å²) in [5, 5.41) is 5.65. The lowest BCUT2D eigenvalue weighted by molar-refractivity contribution is -0.150. The number of carbonyl (C=O) groups excluding carboxylic acids is 1. The quantitative estimate of drug-likeness (QED) is 0.212. The molecular weight excluding hydrogens is 486 g/mol. The summed E-state index contributed by atoms with van der Waals surface area (Å²) in [5.74, 6) is 1.26. The molecule has 9 heteroatoms. The van der Waals surface area contributed by atoms with Gasteiger partial charge in [0.25, 0.3) is 5.56 Å². The number of benzene rings is 3. The summed E-state index contributed by atoms with van der Waals surface area (Å²) in [4.78, 5) is 30.1. The van der Waals surface area contributed by atoms with Crippen molar-refractivity contribution in [2.45, 2.75) is 20.0 Å². The molecule has 0 N–H and O–H groups in total. The molecule has 5 aromatic rings. The Kier molecular flexibility index (Phi) is 6.90. The molecule has 38 heavy (non-hydrogen) atoms.